The van der Waals surface area contributed by atoms with E-state index in [0.29, 0.717) is 17.0 Å². The summed E-state index contributed by atoms with van der Waals surface area (Å²) in [5.41, 5.74) is 4.88. The van der Waals surface area contributed by atoms with Crippen LogP contribution in [0.4, 0.5) is 11.4 Å². The normalized spacial score (nSPS) is 11.6. The van der Waals surface area contributed by atoms with Crippen molar-refractivity contribution in [1.82, 2.24) is 4.98 Å². The Labute approximate surface area is 132 Å². The lowest BCUT2D eigenvalue weighted by molar-refractivity contribution is 0.0601. The highest BCUT2D eigenvalue weighted by Gasteiger charge is 2.26. The maximum Gasteiger partial charge on any atom is 0.340 e. The molecule has 3 aromatic rings. The molecule has 0 unspecified atom stereocenters. The minimum Gasteiger partial charge on any atom is -0.494 e. The van der Waals surface area contributed by atoms with Crippen LogP contribution in [0.5, 0.6) is 5.75 Å². The van der Waals surface area contributed by atoms with Crippen molar-refractivity contribution in [3.8, 4) is 16.9 Å². The number of rotatable bonds is 2. The molecule has 114 valence electrons. The second-order valence-corrected chi connectivity index (χ2v) is 5.25. The van der Waals surface area contributed by atoms with Crippen LogP contribution in [-0.2, 0) is 4.74 Å². The molecule has 4 rings (SSSR count). The summed E-state index contributed by atoms with van der Waals surface area (Å²) in [7, 11) is 2.93. The minimum absolute atomic E-state index is 0.415. The highest BCUT2D eigenvalue weighted by molar-refractivity contribution is 6.17. The largest absolute Gasteiger partial charge is 0.494 e. The van der Waals surface area contributed by atoms with Crippen molar-refractivity contribution in [2.24, 2.45) is 0 Å². The molecule has 23 heavy (non-hydrogen) atoms. The third-order valence-electron chi connectivity index (χ3n) is 4.08. The van der Waals surface area contributed by atoms with Gasteiger partial charge in [0.15, 0.2) is 0 Å². The van der Waals surface area contributed by atoms with E-state index in [-0.39, 0.29) is 0 Å². The van der Waals surface area contributed by atoms with Gasteiger partial charge in [0.1, 0.15) is 11.3 Å². The van der Waals surface area contributed by atoms with E-state index >= 15 is 0 Å². The third-order valence-corrected chi connectivity index (χ3v) is 4.08. The van der Waals surface area contributed by atoms with Gasteiger partial charge in [-0.1, -0.05) is 18.2 Å². The number of methoxy groups -OCH3 is 2. The molecule has 0 radical (unpaired) electrons. The Morgan fingerprint density at radius 3 is 2.74 bits per heavy atom. The van der Waals surface area contributed by atoms with E-state index in [9.17, 15) is 4.79 Å². The van der Waals surface area contributed by atoms with E-state index in [0.717, 1.165) is 27.7 Å². The van der Waals surface area contributed by atoms with Crippen LogP contribution in [0.15, 0.2) is 42.6 Å². The molecule has 2 heterocycles. The molecule has 0 saturated heterocycles. The molecule has 0 spiro atoms. The SMILES string of the molecule is COC(=O)c1cc(OC)c2nccc3c2c1Nc1ccccc1-3. The fourth-order valence-corrected chi connectivity index (χ4v) is 3.05. The van der Waals surface area contributed by atoms with E-state index in [4.69, 9.17) is 9.47 Å². The summed E-state index contributed by atoms with van der Waals surface area (Å²) >= 11 is 0. The van der Waals surface area contributed by atoms with Gasteiger partial charge < -0.3 is 14.8 Å². The smallest absolute Gasteiger partial charge is 0.340 e. The van der Waals surface area contributed by atoms with Crippen molar-refractivity contribution in [3.63, 3.8) is 0 Å². The lowest BCUT2D eigenvalue weighted by Crippen LogP contribution is -2.10. The fraction of sp³-hybridized carbons (Fsp3) is 0.111. The van der Waals surface area contributed by atoms with E-state index in [1.807, 2.05) is 30.3 Å². The number of esters is 1. The van der Waals surface area contributed by atoms with Crippen molar-refractivity contribution >= 4 is 28.2 Å². The predicted octanol–water partition coefficient (Wildman–Crippen LogP) is 3.75. The third kappa shape index (κ3) is 1.86. The summed E-state index contributed by atoms with van der Waals surface area (Å²) in [5, 5.41) is 4.21. The van der Waals surface area contributed by atoms with Gasteiger partial charge in [-0.05, 0) is 23.8 Å². The van der Waals surface area contributed by atoms with Crippen LogP contribution >= 0.6 is 0 Å². The van der Waals surface area contributed by atoms with Crippen molar-refractivity contribution in [1.29, 1.82) is 0 Å². The lowest BCUT2D eigenvalue weighted by Gasteiger charge is -2.24. The summed E-state index contributed by atoms with van der Waals surface area (Å²) in [6.07, 6.45) is 1.75. The van der Waals surface area contributed by atoms with Gasteiger partial charge in [0.2, 0.25) is 0 Å². The molecule has 0 amide bonds. The maximum absolute atomic E-state index is 12.2. The van der Waals surface area contributed by atoms with Crippen molar-refractivity contribution < 1.29 is 14.3 Å². The van der Waals surface area contributed by atoms with Gasteiger partial charge in [0.05, 0.1) is 25.5 Å². The number of hydrogen-bond acceptors (Lipinski definition) is 5. The Kier molecular flexibility index (Phi) is 2.94. The van der Waals surface area contributed by atoms with Crippen LogP contribution in [0, 0.1) is 0 Å². The van der Waals surface area contributed by atoms with Gasteiger partial charge >= 0.3 is 5.97 Å². The Morgan fingerprint density at radius 1 is 1.13 bits per heavy atom. The van der Waals surface area contributed by atoms with Crippen LogP contribution < -0.4 is 10.1 Å². The quantitative estimate of drug-likeness (QED) is 0.571. The molecule has 0 atom stereocenters. The number of ether oxygens (including phenoxy) is 2. The first-order valence-electron chi connectivity index (χ1n) is 7.19. The number of anilines is 2. The number of nitrogens with zero attached hydrogens (tertiary/aromatic N) is 1. The molecule has 2 aromatic carbocycles. The van der Waals surface area contributed by atoms with Gasteiger partial charge in [-0.15, -0.1) is 0 Å². The predicted molar refractivity (Wildman–Crippen MR) is 88.4 cm³/mol. The number of hydrogen-bond donors (Lipinski definition) is 1. The van der Waals surface area contributed by atoms with E-state index < -0.39 is 5.97 Å². The summed E-state index contributed by atoms with van der Waals surface area (Å²) in [5.74, 6) is 0.133. The van der Waals surface area contributed by atoms with Crippen LogP contribution in [0.25, 0.3) is 22.0 Å². The zero-order chi connectivity index (χ0) is 16.0. The van der Waals surface area contributed by atoms with Gasteiger partial charge in [0, 0.05) is 22.8 Å². The molecule has 1 N–H and O–H groups in total. The summed E-state index contributed by atoms with van der Waals surface area (Å²) in [4.78, 5) is 16.7. The average Bonchev–Trinajstić information content (AvgIpc) is 2.61. The summed E-state index contributed by atoms with van der Waals surface area (Å²) in [6, 6.07) is 11.6. The van der Waals surface area contributed by atoms with Crippen LogP contribution in [0.3, 0.4) is 0 Å². The Morgan fingerprint density at radius 2 is 1.96 bits per heavy atom. The van der Waals surface area contributed by atoms with Gasteiger partial charge in [0.25, 0.3) is 0 Å². The number of benzene rings is 2. The van der Waals surface area contributed by atoms with Crippen LogP contribution in [0.2, 0.25) is 0 Å². The maximum atomic E-state index is 12.2. The molecule has 1 aliphatic rings. The molecule has 0 saturated carbocycles. The molecule has 0 fully saturated rings. The first kappa shape index (κ1) is 13.6. The first-order valence-corrected chi connectivity index (χ1v) is 7.19. The van der Waals surface area contributed by atoms with Gasteiger partial charge in [-0.25, -0.2) is 4.79 Å². The van der Waals surface area contributed by atoms with Crippen molar-refractivity contribution in [2.45, 2.75) is 0 Å². The second kappa shape index (κ2) is 4.98. The number of carbonyl (C=O) groups excluding carboxylic acids is 1. The Bertz CT molecular complexity index is 950. The van der Waals surface area contributed by atoms with Crippen LogP contribution in [0.1, 0.15) is 10.4 Å². The minimum atomic E-state index is -0.415. The molecule has 0 bridgehead atoms. The highest BCUT2D eigenvalue weighted by Crippen LogP contribution is 2.46. The zero-order valence-electron chi connectivity index (χ0n) is 12.7. The number of pyridine rings is 1. The first-order chi connectivity index (χ1) is 11.2. The molecule has 5 nitrogen and oxygen atoms in total. The molecular formula is C18H14N2O3. The molecule has 1 aliphatic heterocycles. The van der Waals surface area contributed by atoms with Gasteiger partial charge in [-0.2, -0.15) is 0 Å². The second-order valence-electron chi connectivity index (χ2n) is 5.25. The Hall–Kier alpha value is -3.08. The fourth-order valence-electron chi connectivity index (χ4n) is 3.05. The molecule has 1 aromatic heterocycles. The van der Waals surface area contributed by atoms with E-state index in [1.165, 1.54) is 7.11 Å². The number of fused-ring (bicyclic) bond motifs is 2. The number of carbonyl (C=O) groups is 1. The average molecular weight is 306 g/mol. The topological polar surface area (TPSA) is 60.5 Å². The monoisotopic (exact) mass is 306 g/mol. The van der Waals surface area contributed by atoms with E-state index in [1.54, 1.807) is 19.4 Å². The van der Waals surface area contributed by atoms with Gasteiger partial charge in [-0.3, -0.25) is 4.98 Å². The molecular weight excluding hydrogens is 292 g/mol. The lowest BCUT2D eigenvalue weighted by atomic mass is 9.92. The number of para-hydroxylation sites is 1. The van der Waals surface area contributed by atoms with Crippen molar-refractivity contribution in [3.05, 3.63) is 48.2 Å². The highest BCUT2D eigenvalue weighted by atomic mass is 16.5. The number of aromatic nitrogens is 1. The summed E-state index contributed by atoms with van der Waals surface area (Å²) < 4.78 is 10.4. The van der Waals surface area contributed by atoms with Crippen LogP contribution in [-0.4, -0.2) is 25.2 Å². The Balaban J connectivity index is 2.17. The zero-order valence-corrected chi connectivity index (χ0v) is 12.7. The summed E-state index contributed by atoms with van der Waals surface area (Å²) in [6.45, 7) is 0. The molecule has 5 heteroatoms. The van der Waals surface area contributed by atoms with Crippen molar-refractivity contribution in [2.75, 3.05) is 19.5 Å². The van der Waals surface area contributed by atoms with E-state index in [2.05, 4.69) is 10.3 Å². The standard InChI is InChI=1S/C18H14N2O3/c1-22-14-9-12(18(21)23-2)16-15-11(7-8-19-17(14)15)10-5-3-4-6-13(10)20-16/h3-9,20H,1-2H3. The number of nitrogens with one attached hydrogen (secondary N) is 1. The molecule has 0 aliphatic carbocycles.